The number of ether oxygens (including phenoxy) is 1. The summed E-state index contributed by atoms with van der Waals surface area (Å²) in [6, 6.07) is 6.32. The molecule has 1 saturated heterocycles. The molecule has 4 heteroatoms. The predicted molar refractivity (Wildman–Crippen MR) is 57.9 cm³/mol. The lowest BCUT2D eigenvalue weighted by molar-refractivity contribution is -0.0373. The molecule has 0 aliphatic carbocycles. The average molecular weight is 227 g/mol. The van der Waals surface area contributed by atoms with Crippen LogP contribution in [0.4, 0.5) is 8.78 Å². The number of hydrogen-bond donors (Lipinski definition) is 1. The van der Waals surface area contributed by atoms with Crippen LogP contribution in [0.2, 0.25) is 0 Å². The fraction of sp³-hybridized carbons (Fsp3) is 0.500. The summed E-state index contributed by atoms with van der Waals surface area (Å²) >= 11 is 0. The van der Waals surface area contributed by atoms with Crippen LogP contribution in [0, 0.1) is 5.92 Å². The lowest BCUT2D eigenvalue weighted by Gasteiger charge is -2.31. The third kappa shape index (κ3) is 2.16. The average Bonchev–Trinajstić information content (AvgIpc) is 2.24. The highest BCUT2D eigenvalue weighted by Gasteiger charge is 2.38. The second-order valence-corrected chi connectivity index (χ2v) is 4.13. The highest BCUT2D eigenvalue weighted by molar-refractivity contribution is 5.36. The summed E-state index contributed by atoms with van der Waals surface area (Å²) in [7, 11) is 1.42. The number of rotatable bonds is 4. The van der Waals surface area contributed by atoms with Crippen LogP contribution in [-0.2, 0) is 5.92 Å². The van der Waals surface area contributed by atoms with Gasteiger partial charge in [0.1, 0.15) is 5.75 Å². The van der Waals surface area contributed by atoms with Crippen molar-refractivity contribution in [2.45, 2.75) is 12.3 Å². The summed E-state index contributed by atoms with van der Waals surface area (Å²) in [5.74, 6) is -2.47. The number of alkyl halides is 2. The van der Waals surface area contributed by atoms with Gasteiger partial charge in [0, 0.05) is 6.42 Å². The topological polar surface area (TPSA) is 21.3 Å². The van der Waals surface area contributed by atoms with E-state index < -0.39 is 5.92 Å². The zero-order chi connectivity index (χ0) is 11.6. The lowest BCUT2D eigenvalue weighted by atomic mass is 9.91. The lowest BCUT2D eigenvalue weighted by Crippen LogP contribution is -2.44. The first-order valence-corrected chi connectivity index (χ1v) is 5.35. The highest BCUT2D eigenvalue weighted by atomic mass is 19.3. The van der Waals surface area contributed by atoms with Crippen molar-refractivity contribution in [2.75, 3.05) is 20.2 Å². The second kappa shape index (κ2) is 4.37. The van der Waals surface area contributed by atoms with Crippen molar-refractivity contribution < 1.29 is 13.5 Å². The highest BCUT2D eigenvalue weighted by Crippen LogP contribution is 2.40. The Morgan fingerprint density at radius 1 is 1.38 bits per heavy atom. The Labute approximate surface area is 93.6 Å². The molecule has 0 spiro atoms. The van der Waals surface area contributed by atoms with E-state index in [1.54, 1.807) is 18.2 Å². The molecule has 1 aliphatic rings. The molecule has 1 N–H and O–H groups in total. The van der Waals surface area contributed by atoms with Crippen molar-refractivity contribution in [3.05, 3.63) is 29.8 Å². The van der Waals surface area contributed by atoms with Crippen molar-refractivity contribution in [1.29, 1.82) is 0 Å². The number of hydrogen-bond acceptors (Lipinski definition) is 2. The molecule has 1 aromatic rings. The number of benzene rings is 1. The third-order valence-corrected chi connectivity index (χ3v) is 2.91. The van der Waals surface area contributed by atoms with E-state index in [1.807, 2.05) is 0 Å². The Hall–Kier alpha value is -1.16. The minimum Gasteiger partial charge on any atom is -0.496 e. The van der Waals surface area contributed by atoms with Gasteiger partial charge in [-0.05, 0) is 31.1 Å². The second-order valence-electron chi connectivity index (χ2n) is 4.13. The summed E-state index contributed by atoms with van der Waals surface area (Å²) in [6.45, 7) is 1.37. The Morgan fingerprint density at radius 2 is 2.06 bits per heavy atom. The maximum absolute atomic E-state index is 14.0. The smallest absolute Gasteiger partial charge is 0.277 e. The summed E-state index contributed by atoms with van der Waals surface area (Å²) < 4.78 is 32.9. The summed E-state index contributed by atoms with van der Waals surface area (Å²) in [4.78, 5) is 0. The number of halogens is 2. The van der Waals surface area contributed by atoms with Gasteiger partial charge in [-0.1, -0.05) is 12.1 Å². The minimum absolute atomic E-state index is 0.00981. The monoisotopic (exact) mass is 227 g/mol. The molecule has 2 nitrogen and oxygen atoms in total. The van der Waals surface area contributed by atoms with Crippen LogP contribution in [0.3, 0.4) is 0 Å². The quantitative estimate of drug-likeness (QED) is 0.852. The standard InChI is InChI=1S/C12H15F2NO/c1-16-11-5-3-2-4-10(11)12(13,14)6-9-7-15-8-9/h2-5,9,15H,6-8H2,1H3. The number of para-hydroxylation sites is 1. The third-order valence-electron chi connectivity index (χ3n) is 2.91. The summed E-state index contributed by atoms with van der Waals surface area (Å²) in [6.07, 6.45) is -0.111. The van der Waals surface area contributed by atoms with Gasteiger partial charge in [0.05, 0.1) is 12.7 Å². The largest absolute Gasteiger partial charge is 0.496 e. The van der Waals surface area contributed by atoms with Gasteiger partial charge < -0.3 is 10.1 Å². The molecule has 1 aromatic carbocycles. The van der Waals surface area contributed by atoms with Crippen LogP contribution in [0.5, 0.6) is 5.75 Å². The van der Waals surface area contributed by atoms with Gasteiger partial charge in [-0.3, -0.25) is 0 Å². The Morgan fingerprint density at radius 3 is 2.62 bits per heavy atom. The number of nitrogens with one attached hydrogen (secondary N) is 1. The van der Waals surface area contributed by atoms with Crippen LogP contribution in [0.25, 0.3) is 0 Å². The van der Waals surface area contributed by atoms with Crippen LogP contribution in [-0.4, -0.2) is 20.2 Å². The van der Waals surface area contributed by atoms with E-state index in [0.717, 1.165) is 0 Å². The Balaban J connectivity index is 2.19. The molecule has 0 unspecified atom stereocenters. The molecule has 1 fully saturated rings. The molecule has 0 bridgehead atoms. The van der Waals surface area contributed by atoms with E-state index >= 15 is 0 Å². The first-order chi connectivity index (χ1) is 7.63. The Bertz CT molecular complexity index is 364. The molecular weight excluding hydrogens is 212 g/mol. The van der Waals surface area contributed by atoms with Crippen LogP contribution in [0.15, 0.2) is 24.3 Å². The van der Waals surface area contributed by atoms with Crippen molar-refractivity contribution >= 4 is 0 Å². The first-order valence-electron chi connectivity index (χ1n) is 5.35. The summed E-state index contributed by atoms with van der Waals surface area (Å²) in [5.41, 5.74) is -0.00981. The summed E-state index contributed by atoms with van der Waals surface area (Å²) in [5, 5.41) is 3.00. The van der Waals surface area contributed by atoms with Crippen LogP contribution in [0.1, 0.15) is 12.0 Å². The van der Waals surface area contributed by atoms with Crippen LogP contribution < -0.4 is 10.1 Å². The molecule has 0 aromatic heterocycles. The van der Waals surface area contributed by atoms with Gasteiger partial charge in [-0.15, -0.1) is 0 Å². The van der Waals surface area contributed by atoms with Gasteiger partial charge in [0.25, 0.3) is 5.92 Å². The molecule has 88 valence electrons. The molecule has 0 radical (unpaired) electrons. The maximum Gasteiger partial charge on any atom is 0.277 e. The number of methoxy groups -OCH3 is 1. The fourth-order valence-corrected chi connectivity index (χ4v) is 1.91. The zero-order valence-corrected chi connectivity index (χ0v) is 9.17. The maximum atomic E-state index is 14.0. The zero-order valence-electron chi connectivity index (χ0n) is 9.17. The molecule has 2 rings (SSSR count). The molecular formula is C12H15F2NO. The van der Waals surface area contributed by atoms with Crippen molar-refractivity contribution in [2.24, 2.45) is 5.92 Å². The first kappa shape index (κ1) is 11.3. The van der Waals surface area contributed by atoms with Crippen molar-refractivity contribution in [1.82, 2.24) is 5.32 Å². The molecule has 1 heterocycles. The van der Waals surface area contributed by atoms with E-state index in [0.29, 0.717) is 13.1 Å². The predicted octanol–water partition coefficient (Wildman–Crippen LogP) is 2.40. The van der Waals surface area contributed by atoms with E-state index in [-0.39, 0.29) is 23.7 Å². The van der Waals surface area contributed by atoms with E-state index in [1.165, 1.54) is 13.2 Å². The fourth-order valence-electron chi connectivity index (χ4n) is 1.91. The molecule has 1 aliphatic heterocycles. The van der Waals surface area contributed by atoms with Crippen molar-refractivity contribution in [3.63, 3.8) is 0 Å². The SMILES string of the molecule is COc1ccccc1C(F)(F)CC1CNC1. The molecule has 0 atom stereocenters. The van der Waals surface area contributed by atoms with Gasteiger partial charge in [0.2, 0.25) is 0 Å². The van der Waals surface area contributed by atoms with Gasteiger partial charge in [-0.2, -0.15) is 0 Å². The molecule has 16 heavy (non-hydrogen) atoms. The van der Waals surface area contributed by atoms with Crippen LogP contribution >= 0.6 is 0 Å². The van der Waals surface area contributed by atoms with E-state index in [2.05, 4.69) is 5.32 Å². The van der Waals surface area contributed by atoms with Gasteiger partial charge in [-0.25, -0.2) is 8.78 Å². The minimum atomic E-state index is -2.81. The van der Waals surface area contributed by atoms with Gasteiger partial charge in [0.15, 0.2) is 0 Å². The van der Waals surface area contributed by atoms with Gasteiger partial charge >= 0.3 is 0 Å². The molecule has 0 saturated carbocycles. The van der Waals surface area contributed by atoms with E-state index in [9.17, 15) is 8.78 Å². The Kier molecular flexibility index (Phi) is 3.10. The normalized spacial score (nSPS) is 16.9. The molecule has 0 amide bonds. The van der Waals surface area contributed by atoms with E-state index in [4.69, 9.17) is 4.74 Å². The van der Waals surface area contributed by atoms with Crippen molar-refractivity contribution in [3.8, 4) is 5.75 Å².